The second-order valence-electron chi connectivity index (χ2n) is 7.96. The lowest BCUT2D eigenvalue weighted by Crippen LogP contribution is -2.21. The number of aliphatic hydroxyl groups excluding tert-OH is 1. The summed E-state index contributed by atoms with van der Waals surface area (Å²) < 4.78 is 0. The third-order valence-electron chi connectivity index (χ3n) is 5.76. The maximum Gasteiger partial charge on any atom is 0.167 e. The molecule has 0 amide bonds. The zero-order valence-electron chi connectivity index (χ0n) is 18.0. The minimum atomic E-state index is 0.0698. The fraction of sp³-hybridized carbons (Fsp3) is 0.385. The van der Waals surface area contributed by atoms with Crippen LogP contribution < -0.4 is 0 Å². The molecule has 1 atom stereocenters. The van der Waals surface area contributed by atoms with Crippen molar-refractivity contribution in [3.05, 3.63) is 70.0 Å². The summed E-state index contributed by atoms with van der Waals surface area (Å²) in [6.45, 7) is 6.29. The standard InChI is InChI=1S/C26H29NO2S/c1-4-20-12-17(3)13-21(5-2)25(20)26-23(28)14-19(15-24(26)29)10-11-30-22-8-6-18(16-27)7-9-22/h6-9,12-13,19,28H,4-5,10-11,14-15H2,1-3H3. The van der Waals surface area contributed by atoms with Crippen LogP contribution in [0.3, 0.4) is 0 Å². The highest BCUT2D eigenvalue weighted by Gasteiger charge is 2.30. The minimum Gasteiger partial charge on any atom is -0.512 e. The number of nitrogens with zero attached hydrogens (tertiary/aromatic N) is 1. The number of hydrogen-bond donors (Lipinski definition) is 1. The van der Waals surface area contributed by atoms with Gasteiger partial charge in [0, 0.05) is 17.7 Å². The van der Waals surface area contributed by atoms with Crippen LogP contribution in [0.25, 0.3) is 5.57 Å². The van der Waals surface area contributed by atoms with Crippen LogP contribution in [0.15, 0.2) is 47.1 Å². The molecule has 0 spiro atoms. The normalized spacial score (nSPS) is 16.6. The number of carbonyl (C=O) groups is 1. The van der Waals surface area contributed by atoms with Crippen molar-refractivity contribution in [2.45, 2.75) is 57.8 Å². The van der Waals surface area contributed by atoms with Gasteiger partial charge < -0.3 is 5.11 Å². The Balaban J connectivity index is 1.73. The van der Waals surface area contributed by atoms with E-state index in [1.807, 2.05) is 24.3 Å². The molecule has 1 aliphatic carbocycles. The van der Waals surface area contributed by atoms with Gasteiger partial charge in [-0.3, -0.25) is 4.79 Å². The monoisotopic (exact) mass is 419 g/mol. The Kier molecular flexibility index (Phi) is 7.39. The summed E-state index contributed by atoms with van der Waals surface area (Å²) in [4.78, 5) is 14.2. The Hall–Kier alpha value is -2.51. The van der Waals surface area contributed by atoms with Crippen molar-refractivity contribution in [2.75, 3.05) is 5.75 Å². The van der Waals surface area contributed by atoms with Crippen LogP contribution in [0.2, 0.25) is 0 Å². The molecule has 0 bridgehead atoms. The number of benzene rings is 2. The zero-order valence-corrected chi connectivity index (χ0v) is 18.8. The van der Waals surface area contributed by atoms with Gasteiger partial charge in [-0.05, 0) is 78.8 Å². The van der Waals surface area contributed by atoms with Crippen LogP contribution in [-0.2, 0) is 17.6 Å². The first-order valence-electron chi connectivity index (χ1n) is 10.7. The number of nitriles is 1. The smallest absolute Gasteiger partial charge is 0.167 e. The van der Waals surface area contributed by atoms with Gasteiger partial charge in [0.05, 0.1) is 17.2 Å². The predicted molar refractivity (Wildman–Crippen MR) is 124 cm³/mol. The molecular weight excluding hydrogens is 390 g/mol. The molecule has 0 radical (unpaired) electrons. The van der Waals surface area contributed by atoms with Gasteiger partial charge >= 0.3 is 0 Å². The predicted octanol–water partition coefficient (Wildman–Crippen LogP) is 6.42. The van der Waals surface area contributed by atoms with Gasteiger partial charge in [-0.2, -0.15) is 5.26 Å². The van der Waals surface area contributed by atoms with E-state index in [-0.39, 0.29) is 17.5 Å². The van der Waals surface area contributed by atoms with Crippen molar-refractivity contribution in [3.63, 3.8) is 0 Å². The van der Waals surface area contributed by atoms with Crippen LogP contribution in [0.5, 0.6) is 0 Å². The van der Waals surface area contributed by atoms with Crippen LogP contribution in [-0.4, -0.2) is 16.6 Å². The Labute approximate surface area is 183 Å². The second-order valence-corrected chi connectivity index (χ2v) is 9.13. The number of thioether (sulfide) groups is 1. The maximum atomic E-state index is 13.1. The summed E-state index contributed by atoms with van der Waals surface area (Å²) in [7, 11) is 0. The molecule has 3 nitrogen and oxygen atoms in total. The Morgan fingerprint density at radius 2 is 1.73 bits per heavy atom. The topological polar surface area (TPSA) is 61.1 Å². The van der Waals surface area contributed by atoms with Crippen LogP contribution in [0.1, 0.15) is 60.9 Å². The molecule has 156 valence electrons. The lowest BCUT2D eigenvalue weighted by molar-refractivity contribution is -0.115. The molecule has 1 unspecified atom stereocenters. The van der Waals surface area contributed by atoms with E-state index in [0.717, 1.165) is 46.6 Å². The number of carbonyl (C=O) groups excluding carboxylic acids is 1. The van der Waals surface area contributed by atoms with E-state index in [9.17, 15) is 9.90 Å². The lowest BCUT2D eigenvalue weighted by Gasteiger charge is -2.26. The van der Waals surface area contributed by atoms with Crippen molar-refractivity contribution in [1.29, 1.82) is 5.26 Å². The molecule has 0 aromatic heterocycles. The molecule has 1 aliphatic rings. The summed E-state index contributed by atoms with van der Waals surface area (Å²) in [6, 6.07) is 14.0. The van der Waals surface area contributed by atoms with E-state index >= 15 is 0 Å². The molecule has 0 heterocycles. The van der Waals surface area contributed by atoms with Gasteiger partial charge in [0.15, 0.2) is 5.78 Å². The van der Waals surface area contributed by atoms with E-state index in [4.69, 9.17) is 5.26 Å². The number of aryl methyl sites for hydroxylation is 3. The first kappa shape index (κ1) is 22.2. The van der Waals surface area contributed by atoms with Gasteiger partial charge in [0.25, 0.3) is 0 Å². The van der Waals surface area contributed by atoms with Gasteiger partial charge in [0.2, 0.25) is 0 Å². The molecule has 0 aliphatic heterocycles. The SMILES string of the molecule is CCc1cc(C)cc(CC)c1C1=C(O)CC(CCSc2ccc(C#N)cc2)CC1=O. The molecule has 2 aromatic rings. The number of ketones is 1. The summed E-state index contributed by atoms with van der Waals surface area (Å²) in [5.41, 5.74) is 5.69. The van der Waals surface area contributed by atoms with Gasteiger partial charge in [-0.25, -0.2) is 0 Å². The van der Waals surface area contributed by atoms with Gasteiger partial charge in [-0.1, -0.05) is 31.5 Å². The van der Waals surface area contributed by atoms with Crippen molar-refractivity contribution in [3.8, 4) is 6.07 Å². The molecule has 0 saturated carbocycles. The van der Waals surface area contributed by atoms with Crippen LogP contribution in [0.4, 0.5) is 0 Å². The second kappa shape index (κ2) is 10.00. The number of hydrogen-bond acceptors (Lipinski definition) is 4. The van der Waals surface area contributed by atoms with E-state index in [1.54, 1.807) is 11.8 Å². The van der Waals surface area contributed by atoms with Crippen molar-refractivity contribution < 1.29 is 9.90 Å². The number of aliphatic hydroxyl groups is 1. The largest absolute Gasteiger partial charge is 0.512 e. The summed E-state index contributed by atoms with van der Waals surface area (Å²) >= 11 is 1.73. The Bertz CT molecular complexity index is 974. The molecular formula is C26H29NO2S. The van der Waals surface area contributed by atoms with E-state index < -0.39 is 0 Å². The van der Waals surface area contributed by atoms with E-state index in [2.05, 4.69) is 39.0 Å². The molecule has 2 aromatic carbocycles. The third kappa shape index (κ3) is 4.96. The fourth-order valence-electron chi connectivity index (χ4n) is 4.25. The van der Waals surface area contributed by atoms with E-state index in [0.29, 0.717) is 24.0 Å². The maximum absolute atomic E-state index is 13.1. The van der Waals surface area contributed by atoms with Crippen molar-refractivity contribution >= 4 is 23.1 Å². The van der Waals surface area contributed by atoms with Crippen molar-refractivity contribution in [2.24, 2.45) is 5.92 Å². The highest BCUT2D eigenvalue weighted by Crippen LogP contribution is 2.38. The molecule has 30 heavy (non-hydrogen) atoms. The Morgan fingerprint density at radius 3 is 2.27 bits per heavy atom. The average Bonchev–Trinajstić information content (AvgIpc) is 2.74. The summed E-state index contributed by atoms with van der Waals surface area (Å²) in [5.74, 6) is 1.39. The molecule has 0 fully saturated rings. The third-order valence-corrected chi connectivity index (χ3v) is 6.80. The quantitative estimate of drug-likeness (QED) is 0.526. The first-order chi connectivity index (χ1) is 14.5. The van der Waals surface area contributed by atoms with Gasteiger partial charge in [0.1, 0.15) is 5.76 Å². The first-order valence-corrected chi connectivity index (χ1v) is 11.7. The van der Waals surface area contributed by atoms with Gasteiger partial charge in [-0.15, -0.1) is 11.8 Å². The van der Waals surface area contributed by atoms with E-state index in [1.165, 1.54) is 5.56 Å². The average molecular weight is 420 g/mol. The summed E-state index contributed by atoms with van der Waals surface area (Å²) in [6.07, 6.45) is 3.63. The van der Waals surface area contributed by atoms with Crippen LogP contribution >= 0.6 is 11.8 Å². The number of rotatable bonds is 7. The fourth-order valence-corrected chi connectivity index (χ4v) is 5.27. The number of Topliss-reactive ketones (excluding diaryl/α,β-unsaturated/α-hetero) is 1. The number of allylic oxidation sites excluding steroid dienone is 2. The highest BCUT2D eigenvalue weighted by molar-refractivity contribution is 7.99. The van der Waals surface area contributed by atoms with Crippen LogP contribution in [0, 0.1) is 24.2 Å². The molecule has 0 saturated heterocycles. The molecule has 3 rings (SSSR count). The summed E-state index contributed by atoms with van der Waals surface area (Å²) in [5, 5.41) is 19.8. The highest BCUT2D eigenvalue weighted by atomic mass is 32.2. The lowest BCUT2D eigenvalue weighted by atomic mass is 9.79. The molecule has 4 heteroatoms. The minimum absolute atomic E-state index is 0.0698. The Morgan fingerprint density at radius 1 is 1.10 bits per heavy atom. The van der Waals surface area contributed by atoms with Crippen molar-refractivity contribution in [1.82, 2.24) is 0 Å². The molecule has 1 N–H and O–H groups in total. The zero-order chi connectivity index (χ0) is 21.7.